The van der Waals surface area contributed by atoms with Crippen LogP contribution < -0.4 is 4.90 Å². The summed E-state index contributed by atoms with van der Waals surface area (Å²) in [6, 6.07) is 56.3. The number of rotatable bonds is 4. The predicted octanol–water partition coefficient (Wildman–Crippen LogP) is 11.5. The van der Waals surface area contributed by atoms with E-state index in [1.54, 1.807) is 0 Å². The molecular weight excluding hydrogens is 585 g/mol. The molecule has 0 saturated carbocycles. The summed E-state index contributed by atoms with van der Waals surface area (Å²) in [7, 11) is 0. The lowest BCUT2D eigenvalue weighted by atomic mass is 9.90. The van der Waals surface area contributed by atoms with Gasteiger partial charge >= 0.3 is 0 Å². The molecule has 0 spiro atoms. The molecule has 1 aliphatic heterocycles. The molecule has 0 radical (unpaired) electrons. The van der Waals surface area contributed by atoms with E-state index < -0.39 is 0 Å². The molecule has 4 nitrogen and oxygen atoms in total. The third-order valence-electron chi connectivity index (χ3n) is 9.59. The van der Waals surface area contributed by atoms with Gasteiger partial charge in [-0.25, -0.2) is 4.98 Å². The van der Waals surface area contributed by atoms with Crippen LogP contribution in [0.15, 0.2) is 170 Å². The average molecular weight is 613 g/mol. The van der Waals surface area contributed by atoms with Gasteiger partial charge in [-0.15, -0.1) is 0 Å². The van der Waals surface area contributed by atoms with Crippen molar-refractivity contribution in [3.05, 3.63) is 170 Å². The lowest BCUT2D eigenvalue weighted by molar-refractivity contribution is 1.16. The topological polar surface area (TPSA) is 34.0 Å². The van der Waals surface area contributed by atoms with Crippen LogP contribution in [-0.2, 0) is 0 Å². The van der Waals surface area contributed by atoms with Crippen molar-refractivity contribution in [3.8, 4) is 39.2 Å². The molecule has 224 valence electrons. The van der Waals surface area contributed by atoms with E-state index in [1.165, 1.54) is 38.2 Å². The summed E-state index contributed by atoms with van der Waals surface area (Å²) in [6.45, 7) is 0. The van der Waals surface area contributed by atoms with Crippen LogP contribution in [0.25, 0.3) is 71.8 Å². The second-order valence-electron chi connectivity index (χ2n) is 12.3. The largest absolute Gasteiger partial charge is 0.309 e. The van der Waals surface area contributed by atoms with Gasteiger partial charge in [0.25, 0.3) is 0 Å². The summed E-state index contributed by atoms with van der Waals surface area (Å²) < 4.78 is 2.39. The number of aromatic nitrogens is 3. The predicted molar refractivity (Wildman–Crippen MR) is 198 cm³/mol. The molecule has 0 atom stereocenters. The molecule has 1 aliphatic rings. The van der Waals surface area contributed by atoms with Gasteiger partial charge < -0.3 is 4.57 Å². The quantitative estimate of drug-likeness (QED) is 0.198. The second kappa shape index (κ2) is 10.5. The van der Waals surface area contributed by atoms with E-state index in [0.717, 1.165) is 50.7 Å². The molecule has 4 heteroatoms. The zero-order chi connectivity index (χ0) is 31.6. The van der Waals surface area contributed by atoms with Crippen molar-refractivity contribution in [2.45, 2.75) is 0 Å². The molecule has 0 unspecified atom stereocenters. The maximum absolute atomic E-state index is 5.01. The minimum Gasteiger partial charge on any atom is -0.309 e. The highest BCUT2D eigenvalue weighted by Gasteiger charge is 2.29. The number of nitrogens with zero attached hydrogens (tertiary/aromatic N) is 4. The highest BCUT2D eigenvalue weighted by molar-refractivity contribution is 6.19. The van der Waals surface area contributed by atoms with E-state index in [9.17, 15) is 0 Å². The molecule has 6 aromatic carbocycles. The van der Waals surface area contributed by atoms with Crippen LogP contribution in [0.1, 0.15) is 0 Å². The zero-order valence-electron chi connectivity index (χ0n) is 26.0. The van der Waals surface area contributed by atoms with Crippen LogP contribution >= 0.6 is 0 Å². The van der Waals surface area contributed by atoms with Gasteiger partial charge in [0.15, 0.2) is 0 Å². The number of para-hydroxylation sites is 1. The number of pyridine rings is 2. The molecule has 0 saturated heterocycles. The number of hydrogen-bond donors (Lipinski definition) is 0. The summed E-state index contributed by atoms with van der Waals surface area (Å²) in [5.74, 6) is 0.888. The fraction of sp³-hybridized carbons (Fsp3) is 0. The Morgan fingerprint density at radius 1 is 0.438 bits per heavy atom. The molecule has 10 rings (SSSR count). The van der Waals surface area contributed by atoms with Crippen LogP contribution in [-0.4, -0.2) is 14.5 Å². The molecule has 4 heterocycles. The van der Waals surface area contributed by atoms with Gasteiger partial charge in [0.2, 0.25) is 0 Å². The zero-order valence-corrected chi connectivity index (χ0v) is 26.0. The van der Waals surface area contributed by atoms with Crippen LogP contribution in [0.3, 0.4) is 0 Å². The molecule has 0 N–H and O–H groups in total. The average Bonchev–Trinajstić information content (AvgIpc) is 3.48. The SMILES string of the molecule is c1ccc(-c2ccnc(N3c4cc5c(cc4-c4cccc6cccc3c46)c3cc(-c4ccccn4)ccc3n5-c3ccccc3)c2)cc1. The first-order chi connectivity index (χ1) is 23.8. The van der Waals surface area contributed by atoms with Gasteiger partial charge in [0.05, 0.1) is 28.1 Å². The van der Waals surface area contributed by atoms with Crippen molar-refractivity contribution in [1.29, 1.82) is 0 Å². The number of benzene rings is 6. The lowest BCUT2D eigenvalue weighted by Gasteiger charge is -2.33. The van der Waals surface area contributed by atoms with E-state index in [2.05, 4.69) is 160 Å². The summed E-state index contributed by atoms with van der Waals surface area (Å²) in [6.07, 6.45) is 3.79. The van der Waals surface area contributed by atoms with Crippen molar-refractivity contribution >= 4 is 49.8 Å². The summed E-state index contributed by atoms with van der Waals surface area (Å²) in [5, 5.41) is 4.85. The Hall–Kier alpha value is -6.52. The Balaban J connectivity index is 1.31. The minimum atomic E-state index is 0.888. The Morgan fingerprint density at radius 3 is 2.06 bits per heavy atom. The maximum Gasteiger partial charge on any atom is 0.138 e. The van der Waals surface area contributed by atoms with Gasteiger partial charge in [0, 0.05) is 45.4 Å². The number of fused-ring (bicyclic) bond motifs is 5. The minimum absolute atomic E-state index is 0.888. The molecule has 48 heavy (non-hydrogen) atoms. The molecule has 0 bridgehead atoms. The van der Waals surface area contributed by atoms with E-state index in [1.807, 2.05) is 24.5 Å². The van der Waals surface area contributed by atoms with Crippen LogP contribution in [0.5, 0.6) is 0 Å². The standard InChI is InChI=1S/C44H28N4/c1-3-11-29(12-4-1)31-22-24-46-43(26-31)48-40-19-10-14-30-13-9-17-34(44(30)40)36-27-37-35-25-32(38-18-7-8-23-45-38)20-21-39(35)47(41(37)28-42(36)48)33-15-5-2-6-16-33/h1-28H. The third kappa shape index (κ3) is 4.03. The van der Waals surface area contributed by atoms with Crippen molar-refractivity contribution in [1.82, 2.24) is 14.5 Å². The summed E-state index contributed by atoms with van der Waals surface area (Å²) in [5.41, 5.74) is 12.5. The van der Waals surface area contributed by atoms with Crippen LogP contribution in [0.2, 0.25) is 0 Å². The van der Waals surface area contributed by atoms with Crippen molar-refractivity contribution in [3.63, 3.8) is 0 Å². The Bertz CT molecular complexity index is 2660. The third-order valence-corrected chi connectivity index (χ3v) is 9.59. The highest BCUT2D eigenvalue weighted by Crippen LogP contribution is 2.52. The van der Waals surface area contributed by atoms with E-state index in [4.69, 9.17) is 4.98 Å². The van der Waals surface area contributed by atoms with E-state index >= 15 is 0 Å². The molecule has 0 amide bonds. The summed E-state index contributed by atoms with van der Waals surface area (Å²) in [4.78, 5) is 12.0. The molecule has 0 fully saturated rings. The van der Waals surface area contributed by atoms with Gasteiger partial charge in [0.1, 0.15) is 5.82 Å². The van der Waals surface area contributed by atoms with Gasteiger partial charge in [-0.2, -0.15) is 0 Å². The van der Waals surface area contributed by atoms with E-state index in [0.29, 0.717) is 0 Å². The summed E-state index contributed by atoms with van der Waals surface area (Å²) >= 11 is 0. The highest BCUT2D eigenvalue weighted by atomic mass is 15.2. The lowest BCUT2D eigenvalue weighted by Crippen LogP contribution is -2.16. The first-order valence-electron chi connectivity index (χ1n) is 16.2. The Labute approximate surface area is 277 Å². The monoisotopic (exact) mass is 612 g/mol. The van der Waals surface area contributed by atoms with Crippen molar-refractivity contribution in [2.75, 3.05) is 4.90 Å². The fourth-order valence-corrected chi connectivity index (χ4v) is 7.46. The fourth-order valence-electron chi connectivity index (χ4n) is 7.46. The smallest absolute Gasteiger partial charge is 0.138 e. The first kappa shape index (κ1) is 26.7. The van der Waals surface area contributed by atoms with Crippen LogP contribution in [0.4, 0.5) is 17.2 Å². The maximum atomic E-state index is 5.01. The molecule has 9 aromatic rings. The van der Waals surface area contributed by atoms with Gasteiger partial charge in [-0.1, -0.05) is 91.0 Å². The van der Waals surface area contributed by atoms with Gasteiger partial charge in [-0.05, 0) is 88.8 Å². The Morgan fingerprint density at radius 2 is 1.23 bits per heavy atom. The van der Waals surface area contributed by atoms with Crippen molar-refractivity contribution in [2.24, 2.45) is 0 Å². The second-order valence-corrected chi connectivity index (χ2v) is 12.3. The first-order valence-corrected chi connectivity index (χ1v) is 16.2. The van der Waals surface area contributed by atoms with Crippen molar-refractivity contribution < 1.29 is 0 Å². The van der Waals surface area contributed by atoms with Gasteiger partial charge in [-0.3, -0.25) is 9.88 Å². The van der Waals surface area contributed by atoms with Crippen LogP contribution in [0, 0.1) is 0 Å². The number of anilines is 3. The Kier molecular flexibility index (Phi) is 5.84. The normalized spacial score (nSPS) is 12.1. The molecular formula is C44H28N4. The molecule has 3 aromatic heterocycles. The molecule has 0 aliphatic carbocycles. The van der Waals surface area contributed by atoms with E-state index in [-0.39, 0.29) is 0 Å². The number of hydrogen-bond acceptors (Lipinski definition) is 3.